The van der Waals surface area contributed by atoms with Crippen LogP contribution in [-0.2, 0) is 16.1 Å². The molecule has 1 fully saturated rings. The maximum atomic E-state index is 11.5. The number of carbonyl (C=O) groups excluding carboxylic acids is 1. The van der Waals surface area contributed by atoms with Crippen LogP contribution in [0.2, 0.25) is 0 Å². The van der Waals surface area contributed by atoms with Crippen molar-refractivity contribution in [2.24, 2.45) is 0 Å². The summed E-state index contributed by atoms with van der Waals surface area (Å²) >= 11 is 0. The van der Waals surface area contributed by atoms with Crippen LogP contribution >= 0.6 is 0 Å². The maximum Gasteiger partial charge on any atom is 0.323 e. The van der Waals surface area contributed by atoms with E-state index < -0.39 is 0 Å². The van der Waals surface area contributed by atoms with Crippen molar-refractivity contribution in [3.05, 3.63) is 35.9 Å². The van der Waals surface area contributed by atoms with Gasteiger partial charge in [0.2, 0.25) is 0 Å². The molecule has 0 aromatic heterocycles. The van der Waals surface area contributed by atoms with Crippen molar-refractivity contribution in [1.82, 2.24) is 9.80 Å². The number of methoxy groups -OCH3 is 1. The van der Waals surface area contributed by atoms with Crippen molar-refractivity contribution in [2.45, 2.75) is 25.4 Å². The highest BCUT2D eigenvalue weighted by atomic mass is 16.5. The molecular weight excluding hydrogens is 252 g/mol. The van der Waals surface area contributed by atoms with Crippen molar-refractivity contribution in [2.75, 3.05) is 33.8 Å². The van der Waals surface area contributed by atoms with Crippen LogP contribution in [0.3, 0.4) is 0 Å². The largest absolute Gasteiger partial charge is 0.468 e. The van der Waals surface area contributed by atoms with E-state index in [-0.39, 0.29) is 12.0 Å². The summed E-state index contributed by atoms with van der Waals surface area (Å²) < 4.78 is 4.80. The molecule has 0 aliphatic carbocycles. The molecule has 4 heteroatoms. The summed E-state index contributed by atoms with van der Waals surface area (Å²) in [6, 6.07) is 10.5. The molecular formula is C16H24N2O2. The molecule has 110 valence electrons. The molecule has 1 aromatic carbocycles. The van der Waals surface area contributed by atoms with Gasteiger partial charge in [0.05, 0.1) is 7.11 Å². The molecule has 1 heterocycles. The zero-order valence-corrected chi connectivity index (χ0v) is 12.4. The number of nitrogens with zero attached hydrogens (tertiary/aromatic N) is 2. The second-order valence-electron chi connectivity index (χ2n) is 5.44. The van der Waals surface area contributed by atoms with Crippen LogP contribution in [0, 0.1) is 0 Å². The Kier molecular flexibility index (Phi) is 5.56. The first kappa shape index (κ1) is 15.0. The van der Waals surface area contributed by atoms with Crippen molar-refractivity contribution in [1.29, 1.82) is 0 Å². The summed E-state index contributed by atoms with van der Waals surface area (Å²) in [5.74, 6) is -0.0890. The van der Waals surface area contributed by atoms with Crippen molar-refractivity contribution < 1.29 is 9.53 Å². The molecule has 1 aliphatic heterocycles. The summed E-state index contributed by atoms with van der Waals surface area (Å²) in [6.45, 7) is 4.00. The lowest BCUT2D eigenvalue weighted by Crippen LogP contribution is -2.53. The summed E-state index contributed by atoms with van der Waals surface area (Å²) in [5, 5.41) is 0. The van der Waals surface area contributed by atoms with Gasteiger partial charge in [-0.15, -0.1) is 0 Å². The van der Waals surface area contributed by atoms with Gasteiger partial charge >= 0.3 is 5.97 Å². The first-order valence-electron chi connectivity index (χ1n) is 7.25. The fourth-order valence-corrected chi connectivity index (χ4v) is 2.63. The average Bonchev–Trinajstić information content (AvgIpc) is 2.43. The minimum Gasteiger partial charge on any atom is -0.468 e. The van der Waals surface area contributed by atoms with Gasteiger partial charge < -0.3 is 9.64 Å². The molecule has 1 unspecified atom stereocenters. The van der Waals surface area contributed by atoms with Crippen LogP contribution in [0.25, 0.3) is 0 Å². The molecule has 1 aliphatic rings. The number of rotatable bonds is 7. The normalized spacial score (nSPS) is 18.9. The molecule has 0 bridgehead atoms. The Hall–Kier alpha value is -1.39. The molecule has 0 spiro atoms. The van der Waals surface area contributed by atoms with Gasteiger partial charge in [-0.3, -0.25) is 9.69 Å². The van der Waals surface area contributed by atoms with Crippen LogP contribution in [-0.4, -0.2) is 55.6 Å². The van der Waals surface area contributed by atoms with Crippen LogP contribution < -0.4 is 0 Å². The van der Waals surface area contributed by atoms with Crippen molar-refractivity contribution in [3.8, 4) is 0 Å². The third-order valence-corrected chi connectivity index (χ3v) is 3.88. The second-order valence-corrected chi connectivity index (χ2v) is 5.44. The molecule has 0 radical (unpaired) electrons. The number of likely N-dealkylation sites (tertiary alicyclic amines) is 1. The summed E-state index contributed by atoms with van der Waals surface area (Å²) in [4.78, 5) is 16.0. The van der Waals surface area contributed by atoms with Gasteiger partial charge in [-0.1, -0.05) is 30.3 Å². The number of benzene rings is 1. The fraction of sp³-hybridized carbons (Fsp3) is 0.562. The molecule has 1 atom stereocenters. The van der Waals surface area contributed by atoms with Gasteiger partial charge in [0.15, 0.2) is 0 Å². The van der Waals surface area contributed by atoms with E-state index in [1.54, 1.807) is 0 Å². The van der Waals surface area contributed by atoms with Crippen molar-refractivity contribution >= 4 is 5.97 Å². The third-order valence-electron chi connectivity index (χ3n) is 3.88. The minimum atomic E-state index is -0.0890. The van der Waals surface area contributed by atoms with E-state index in [2.05, 4.69) is 41.1 Å². The number of hydrogen-bond donors (Lipinski definition) is 0. The zero-order chi connectivity index (χ0) is 14.4. The predicted molar refractivity (Wildman–Crippen MR) is 79.4 cm³/mol. The van der Waals surface area contributed by atoms with Gasteiger partial charge in [-0.25, -0.2) is 0 Å². The van der Waals surface area contributed by atoms with Gasteiger partial charge in [0.25, 0.3) is 0 Å². The Labute approximate surface area is 121 Å². The van der Waals surface area contributed by atoms with E-state index in [1.165, 1.54) is 12.7 Å². The Morgan fingerprint density at radius 2 is 2.15 bits per heavy atom. The number of esters is 1. The molecule has 2 rings (SSSR count). The molecule has 20 heavy (non-hydrogen) atoms. The highest BCUT2D eigenvalue weighted by molar-refractivity contribution is 5.76. The Balaban J connectivity index is 1.65. The van der Waals surface area contributed by atoms with Gasteiger partial charge in [0.1, 0.15) is 6.04 Å². The van der Waals surface area contributed by atoms with E-state index >= 15 is 0 Å². The predicted octanol–water partition coefficient (Wildman–Crippen LogP) is 1.76. The first-order chi connectivity index (χ1) is 9.70. The number of carbonyl (C=O) groups is 1. The standard InChI is InChI=1S/C16H24N2O2/c1-17(13-14-7-4-3-5-8-14)10-6-11-18-12-9-15(18)16(19)20-2/h3-5,7-8,15H,6,9-13H2,1-2H3. The van der Waals surface area contributed by atoms with E-state index in [9.17, 15) is 4.79 Å². The molecule has 1 aromatic rings. The van der Waals surface area contributed by atoms with E-state index in [0.717, 1.165) is 39.0 Å². The highest BCUT2D eigenvalue weighted by Gasteiger charge is 2.34. The molecule has 4 nitrogen and oxygen atoms in total. The highest BCUT2D eigenvalue weighted by Crippen LogP contribution is 2.18. The van der Waals surface area contributed by atoms with Crippen LogP contribution in [0.1, 0.15) is 18.4 Å². The maximum absolute atomic E-state index is 11.5. The Morgan fingerprint density at radius 1 is 1.40 bits per heavy atom. The van der Waals surface area contributed by atoms with Crippen molar-refractivity contribution in [3.63, 3.8) is 0 Å². The van der Waals surface area contributed by atoms with Crippen LogP contribution in [0.4, 0.5) is 0 Å². The lowest BCUT2D eigenvalue weighted by molar-refractivity contribution is -0.151. The minimum absolute atomic E-state index is 0.000528. The third kappa shape index (κ3) is 4.05. The summed E-state index contributed by atoms with van der Waals surface area (Å²) in [7, 11) is 3.60. The molecule has 0 saturated carbocycles. The molecule has 0 amide bonds. The zero-order valence-electron chi connectivity index (χ0n) is 12.4. The average molecular weight is 276 g/mol. The Bertz CT molecular complexity index is 422. The van der Waals surface area contributed by atoms with E-state index in [0.29, 0.717) is 0 Å². The number of hydrogen-bond acceptors (Lipinski definition) is 4. The first-order valence-corrected chi connectivity index (χ1v) is 7.25. The summed E-state index contributed by atoms with van der Waals surface area (Å²) in [5.41, 5.74) is 1.34. The van der Waals surface area contributed by atoms with Crippen LogP contribution in [0.15, 0.2) is 30.3 Å². The molecule has 1 saturated heterocycles. The smallest absolute Gasteiger partial charge is 0.323 e. The monoisotopic (exact) mass is 276 g/mol. The second kappa shape index (κ2) is 7.41. The Morgan fingerprint density at radius 3 is 2.75 bits per heavy atom. The quantitative estimate of drug-likeness (QED) is 0.710. The van der Waals surface area contributed by atoms with Gasteiger partial charge in [-0.2, -0.15) is 0 Å². The summed E-state index contributed by atoms with van der Waals surface area (Å²) in [6.07, 6.45) is 2.02. The topological polar surface area (TPSA) is 32.8 Å². The SMILES string of the molecule is COC(=O)C1CCN1CCCN(C)Cc1ccccc1. The fourth-order valence-electron chi connectivity index (χ4n) is 2.63. The van der Waals surface area contributed by atoms with E-state index in [1.807, 2.05) is 6.07 Å². The number of ether oxygens (including phenoxy) is 1. The molecule has 0 N–H and O–H groups in total. The van der Waals surface area contributed by atoms with Gasteiger partial charge in [0, 0.05) is 19.6 Å². The van der Waals surface area contributed by atoms with Gasteiger partial charge in [-0.05, 0) is 32.0 Å². The van der Waals surface area contributed by atoms with E-state index in [4.69, 9.17) is 4.74 Å². The lowest BCUT2D eigenvalue weighted by Gasteiger charge is -2.38. The lowest BCUT2D eigenvalue weighted by atomic mass is 10.0. The van der Waals surface area contributed by atoms with Crippen LogP contribution in [0.5, 0.6) is 0 Å².